The molecule has 0 saturated carbocycles. The zero-order chi connectivity index (χ0) is 22.1. The number of aliphatic imine (C=N–C) groups is 1. The van der Waals surface area contributed by atoms with Crippen LogP contribution in [0.15, 0.2) is 72.4 Å². The summed E-state index contributed by atoms with van der Waals surface area (Å²) in [6, 6.07) is 10.4. The third-order valence-electron chi connectivity index (χ3n) is 5.67. The summed E-state index contributed by atoms with van der Waals surface area (Å²) >= 11 is 0. The van der Waals surface area contributed by atoms with Gasteiger partial charge < -0.3 is 20.1 Å². The zero-order valence-electron chi connectivity index (χ0n) is 17.3. The van der Waals surface area contributed by atoms with E-state index in [9.17, 15) is 9.50 Å². The molecular formula is C24H22FN5O2. The number of ether oxygens (including phenoxy) is 1. The van der Waals surface area contributed by atoms with Gasteiger partial charge >= 0.3 is 0 Å². The highest BCUT2D eigenvalue weighted by Gasteiger charge is 2.22. The second-order valence-electron chi connectivity index (χ2n) is 7.62. The van der Waals surface area contributed by atoms with Crippen molar-refractivity contribution in [2.24, 2.45) is 4.99 Å². The van der Waals surface area contributed by atoms with Gasteiger partial charge in [-0.25, -0.2) is 14.4 Å². The van der Waals surface area contributed by atoms with Gasteiger partial charge in [0.15, 0.2) is 0 Å². The fraction of sp³-hybridized carbons (Fsp3) is 0.208. The first kappa shape index (κ1) is 20.3. The van der Waals surface area contributed by atoms with Crippen LogP contribution < -0.4 is 10.2 Å². The molecule has 0 amide bonds. The van der Waals surface area contributed by atoms with Crippen LogP contribution in [-0.4, -0.2) is 47.1 Å². The maximum Gasteiger partial charge on any atom is 0.132 e. The van der Waals surface area contributed by atoms with Gasteiger partial charge in [-0.05, 0) is 35.9 Å². The Morgan fingerprint density at radius 3 is 2.78 bits per heavy atom. The summed E-state index contributed by atoms with van der Waals surface area (Å²) in [4.78, 5) is 15.2. The summed E-state index contributed by atoms with van der Waals surface area (Å²) in [5.74, 6) is -0.430. The molecule has 2 aliphatic rings. The molecular weight excluding hydrogens is 409 g/mol. The number of aliphatic hydroxyl groups excluding tert-OH is 1. The minimum atomic E-state index is -1.06. The van der Waals surface area contributed by atoms with E-state index in [0.29, 0.717) is 41.4 Å². The van der Waals surface area contributed by atoms with E-state index in [4.69, 9.17) is 4.74 Å². The molecule has 8 heteroatoms. The van der Waals surface area contributed by atoms with Crippen molar-refractivity contribution in [2.75, 3.05) is 31.2 Å². The molecule has 3 aromatic rings. The lowest BCUT2D eigenvalue weighted by atomic mass is 9.97. The summed E-state index contributed by atoms with van der Waals surface area (Å²) in [5.41, 5.74) is 3.90. The smallest absolute Gasteiger partial charge is 0.132 e. The number of nitrogens with one attached hydrogen (secondary N) is 1. The average molecular weight is 431 g/mol. The molecule has 1 atom stereocenters. The second kappa shape index (κ2) is 8.49. The molecule has 2 aromatic carbocycles. The average Bonchev–Trinajstić information content (AvgIpc) is 2.84. The Balaban J connectivity index is 1.54. The molecule has 1 saturated heterocycles. The predicted octanol–water partition coefficient (Wildman–Crippen LogP) is 3.34. The van der Waals surface area contributed by atoms with Crippen LogP contribution in [0, 0.1) is 5.82 Å². The van der Waals surface area contributed by atoms with Crippen LogP contribution in [0.5, 0.6) is 0 Å². The molecule has 0 aliphatic carbocycles. The van der Waals surface area contributed by atoms with E-state index >= 15 is 0 Å². The predicted molar refractivity (Wildman–Crippen MR) is 122 cm³/mol. The summed E-state index contributed by atoms with van der Waals surface area (Å²) in [6.07, 6.45) is 3.56. The third kappa shape index (κ3) is 3.74. The summed E-state index contributed by atoms with van der Waals surface area (Å²) in [5, 5.41) is 14.5. The molecule has 1 aromatic heterocycles. The maximum atomic E-state index is 14.9. The Hall–Kier alpha value is -3.62. The summed E-state index contributed by atoms with van der Waals surface area (Å²) < 4.78 is 20.3. The van der Waals surface area contributed by atoms with Crippen LogP contribution in [0.3, 0.4) is 0 Å². The van der Waals surface area contributed by atoms with Crippen molar-refractivity contribution in [3.63, 3.8) is 0 Å². The number of rotatable bonds is 4. The minimum Gasteiger partial charge on any atom is -0.382 e. The highest BCUT2D eigenvalue weighted by Crippen LogP contribution is 2.32. The van der Waals surface area contributed by atoms with Crippen LogP contribution in [0.2, 0.25) is 0 Å². The molecule has 0 spiro atoms. The van der Waals surface area contributed by atoms with Crippen LogP contribution in [0.4, 0.5) is 10.1 Å². The van der Waals surface area contributed by atoms with Crippen LogP contribution in [-0.2, 0) is 4.74 Å². The molecule has 5 rings (SSSR count). The lowest BCUT2D eigenvalue weighted by molar-refractivity contribution is 0.122. The van der Waals surface area contributed by atoms with Gasteiger partial charge in [-0.15, -0.1) is 0 Å². The number of aliphatic hydroxyl groups is 1. The fourth-order valence-electron chi connectivity index (χ4n) is 3.97. The molecule has 1 fully saturated rings. The van der Waals surface area contributed by atoms with E-state index in [2.05, 4.69) is 31.8 Å². The SMILES string of the molecule is C=C1NC=CN=C1C(O)c1ccc(F)c(-c2ncnc3cc(N4CCOCC4)ccc23)c1. The molecule has 0 radical (unpaired) electrons. The maximum absolute atomic E-state index is 14.9. The van der Waals surface area contributed by atoms with Crippen molar-refractivity contribution < 1.29 is 14.2 Å². The molecule has 1 unspecified atom stereocenters. The topological polar surface area (TPSA) is 82.9 Å². The van der Waals surface area contributed by atoms with E-state index in [1.54, 1.807) is 18.5 Å². The Labute approximate surface area is 184 Å². The Kier molecular flexibility index (Phi) is 5.38. The minimum absolute atomic E-state index is 0.290. The van der Waals surface area contributed by atoms with Gasteiger partial charge in [-0.1, -0.05) is 12.6 Å². The highest BCUT2D eigenvalue weighted by molar-refractivity contribution is 6.04. The van der Waals surface area contributed by atoms with Crippen LogP contribution in [0.25, 0.3) is 22.2 Å². The van der Waals surface area contributed by atoms with Crippen molar-refractivity contribution in [3.05, 3.63) is 78.8 Å². The number of halogens is 1. The second-order valence-corrected chi connectivity index (χ2v) is 7.62. The number of hydrogen-bond acceptors (Lipinski definition) is 7. The molecule has 0 bridgehead atoms. The number of aromatic nitrogens is 2. The van der Waals surface area contributed by atoms with E-state index in [0.717, 1.165) is 29.7 Å². The standard InChI is InChI=1S/C24H22FN5O2/c1-15-22(27-7-6-26-15)24(31)16-2-5-20(25)19(12-16)23-18-4-3-17(13-21(18)28-14-29-23)30-8-10-32-11-9-30/h2-7,12-14,24,26,31H,1,8-11H2. The molecule has 3 heterocycles. The number of anilines is 1. The van der Waals surface area contributed by atoms with Crippen LogP contribution in [0.1, 0.15) is 11.7 Å². The van der Waals surface area contributed by atoms with Gasteiger partial charge in [0.2, 0.25) is 0 Å². The number of fused-ring (bicyclic) bond motifs is 1. The number of hydrogen-bond donors (Lipinski definition) is 2. The van der Waals surface area contributed by atoms with Crippen molar-refractivity contribution in [1.29, 1.82) is 0 Å². The number of morpholine rings is 1. The lowest BCUT2D eigenvalue weighted by Gasteiger charge is -2.29. The van der Waals surface area contributed by atoms with Crippen molar-refractivity contribution in [2.45, 2.75) is 6.10 Å². The Morgan fingerprint density at radius 2 is 1.97 bits per heavy atom. The number of benzene rings is 2. The lowest BCUT2D eigenvalue weighted by Crippen LogP contribution is -2.36. The number of nitrogens with zero attached hydrogens (tertiary/aromatic N) is 4. The monoisotopic (exact) mass is 431 g/mol. The Morgan fingerprint density at radius 1 is 1.12 bits per heavy atom. The summed E-state index contributed by atoms with van der Waals surface area (Å²) in [6.45, 7) is 6.88. The first-order chi connectivity index (χ1) is 15.6. The molecule has 162 valence electrons. The first-order valence-electron chi connectivity index (χ1n) is 10.4. The molecule has 2 N–H and O–H groups in total. The zero-order valence-corrected chi connectivity index (χ0v) is 17.3. The Bertz CT molecular complexity index is 1250. The first-order valence-corrected chi connectivity index (χ1v) is 10.4. The summed E-state index contributed by atoms with van der Waals surface area (Å²) in [7, 11) is 0. The third-order valence-corrected chi connectivity index (χ3v) is 5.67. The molecule has 7 nitrogen and oxygen atoms in total. The fourth-order valence-corrected chi connectivity index (χ4v) is 3.97. The van der Waals surface area contributed by atoms with E-state index in [-0.39, 0.29) is 0 Å². The van der Waals surface area contributed by atoms with Gasteiger partial charge in [0.25, 0.3) is 0 Å². The van der Waals surface area contributed by atoms with Gasteiger partial charge in [0, 0.05) is 42.1 Å². The normalized spacial score (nSPS) is 17.2. The van der Waals surface area contributed by atoms with E-state index < -0.39 is 11.9 Å². The van der Waals surface area contributed by atoms with Gasteiger partial charge in [-0.3, -0.25) is 4.99 Å². The highest BCUT2D eigenvalue weighted by atomic mass is 19.1. The van der Waals surface area contributed by atoms with E-state index in [1.165, 1.54) is 18.5 Å². The van der Waals surface area contributed by atoms with Crippen LogP contribution >= 0.6 is 0 Å². The molecule has 32 heavy (non-hydrogen) atoms. The largest absolute Gasteiger partial charge is 0.382 e. The van der Waals surface area contributed by atoms with Crippen molar-refractivity contribution in [3.8, 4) is 11.3 Å². The van der Waals surface area contributed by atoms with Gasteiger partial charge in [-0.2, -0.15) is 0 Å². The van der Waals surface area contributed by atoms with E-state index in [1.807, 2.05) is 18.2 Å². The van der Waals surface area contributed by atoms with Gasteiger partial charge in [0.05, 0.1) is 35.8 Å². The molecule has 2 aliphatic heterocycles. The van der Waals surface area contributed by atoms with Crippen molar-refractivity contribution in [1.82, 2.24) is 15.3 Å². The van der Waals surface area contributed by atoms with Gasteiger partial charge in [0.1, 0.15) is 18.2 Å². The van der Waals surface area contributed by atoms with Crippen molar-refractivity contribution >= 4 is 22.3 Å². The quantitative estimate of drug-likeness (QED) is 0.659.